The van der Waals surface area contributed by atoms with Crippen LogP contribution in [0.15, 0.2) is 58.6 Å². The molecule has 24 heavy (non-hydrogen) atoms. The molecule has 3 rings (SSSR count). The summed E-state index contributed by atoms with van der Waals surface area (Å²) < 4.78 is 1.58. The molecule has 0 aliphatic carbocycles. The maximum atomic E-state index is 12.3. The van der Waals surface area contributed by atoms with Gasteiger partial charge in [0.15, 0.2) is 6.10 Å². The summed E-state index contributed by atoms with van der Waals surface area (Å²) in [7, 11) is 0. The highest BCUT2D eigenvalue weighted by molar-refractivity contribution is 6.43. The second-order valence-electron chi connectivity index (χ2n) is 5.65. The number of aryl methyl sites for hydroxylation is 1. The number of anilines is 1. The lowest BCUT2D eigenvalue weighted by molar-refractivity contribution is -0.110. The van der Waals surface area contributed by atoms with E-state index in [9.17, 15) is 9.59 Å². The SMILES string of the molecule is CCCn1cc(NC(=O)C2=NOC(c3ccccc3)C2)ccc1=O. The van der Waals surface area contributed by atoms with Crippen LogP contribution in [-0.2, 0) is 16.2 Å². The Morgan fingerprint density at radius 3 is 2.83 bits per heavy atom. The van der Waals surface area contributed by atoms with Gasteiger partial charge in [0.1, 0.15) is 5.71 Å². The van der Waals surface area contributed by atoms with Crippen molar-refractivity contribution in [3.63, 3.8) is 0 Å². The predicted molar refractivity (Wildman–Crippen MR) is 91.9 cm³/mol. The topological polar surface area (TPSA) is 72.7 Å². The van der Waals surface area contributed by atoms with E-state index in [2.05, 4.69) is 10.5 Å². The van der Waals surface area contributed by atoms with Crippen molar-refractivity contribution in [1.29, 1.82) is 0 Å². The molecular formula is C18H19N3O3. The van der Waals surface area contributed by atoms with Crippen LogP contribution in [0.3, 0.4) is 0 Å². The third-order valence-electron chi connectivity index (χ3n) is 3.81. The van der Waals surface area contributed by atoms with Crippen LogP contribution in [0.25, 0.3) is 0 Å². The average molecular weight is 325 g/mol. The molecule has 1 atom stereocenters. The van der Waals surface area contributed by atoms with Gasteiger partial charge in [0, 0.05) is 25.2 Å². The number of rotatable bonds is 5. The third-order valence-corrected chi connectivity index (χ3v) is 3.81. The van der Waals surface area contributed by atoms with Crippen LogP contribution >= 0.6 is 0 Å². The fraction of sp³-hybridized carbons (Fsp3) is 0.278. The van der Waals surface area contributed by atoms with Gasteiger partial charge in [0.2, 0.25) is 0 Å². The number of amides is 1. The Morgan fingerprint density at radius 2 is 2.08 bits per heavy atom. The standard InChI is InChI=1S/C18H19N3O3/c1-2-10-21-12-14(8-9-17(21)22)19-18(23)15-11-16(24-20-15)13-6-4-3-5-7-13/h3-9,12,16H,2,10-11H2,1H3,(H,19,23). The second kappa shape index (κ2) is 7.12. The van der Waals surface area contributed by atoms with E-state index in [1.807, 2.05) is 37.3 Å². The third kappa shape index (κ3) is 3.53. The van der Waals surface area contributed by atoms with Crippen LogP contribution in [0.2, 0.25) is 0 Å². The van der Waals surface area contributed by atoms with Crippen LogP contribution in [-0.4, -0.2) is 16.2 Å². The van der Waals surface area contributed by atoms with Gasteiger partial charge in [-0.3, -0.25) is 9.59 Å². The van der Waals surface area contributed by atoms with E-state index in [-0.39, 0.29) is 17.6 Å². The predicted octanol–water partition coefficient (Wildman–Crippen LogP) is 2.71. The lowest BCUT2D eigenvalue weighted by Gasteiger charge is -2.09. The van der Waals surface area contributed by atoms with Gasteiger partial charge in [0.05, 0.1) is 5.69 Å². The van der Waals surface area contributed by atoms with E-state index in [0.29, 0.717) is 24.4 Å². The van der Waals surface area contributed by atoms with Gasteiger partial charge >= 0.3 is 0 Å². The van der Waals surface area contributed by atoms with Crippen molar-refractivity contribution in [2.75, 3.05) is 5.32 Å². The molecule has 1 unspecified atom stereocenters. The molecule has 6 heteroatoms. The largest absolute Gasteiger partial charge is 0.387 e. The van der Waals surface area contributed by atoms with Crippen molar-refractivity contribution in [2.45, 2.75) is 32.4 Å². The zero-order valence-corrected chi connectivity index (χ0v) is 13.4. The molecular weight excluding hydrogens is 306 g/mol. The molecule has 2 heterocycles. The quantitative estimate of drug-likeness (QED) is 0.918. The van der Waals surface area contributed by atoms with Gasteiger partial charge in [-0.1, -0.05) is 42.4 Å². The van der Waals surface area contributed by atoms with Gasteiger partial charge in [0.25, 0.3) is 11.5 Å². The minimum absolute atomic E-state index is 0.0828. The molecule has 0 spiro atoms. The summed E-state index contributed by atoms with van der Waals surface area (Å²) in [6.07, 6.45) is 2.68. The fourth-order valence-corrected chi connectivity index (χ4v) is 2.58. The molecule has 0 fully saturated rings. The van der Waals surface area contributed by atoms with E-state index in [0.717, 1.165) is 12.0 Å². The summed E-state index contributed by atoms with van der Waals surface area (Å²) in [6.45, 7) is 2.61. The number of carbonyl (C=O) groups is 1. The Bertz CT molecular complexity index is 812. The number of benzene rings is 1. The fourth-order valence-electron chi connectivity index (χ4n) is 2.58. The van der Waals surface area contributed by atoms with Crippen molar-refractivity contribution in [3.8, 4) is 0 Å². The van der Waals surface area contributed by atoms with Crippen molar-refractivity contribution in [1.82, 2.24) is 4.57 Å². The molecule has 0 saturated carbocycles. The number of oxime groups is 1. The van der Waals surface area contributed by atoms with E-state index in [1.54, 1.807) is 16.8 Å². The van der Waals surface area contributed by atoms with E-state index in [1.165, 1.54) is 6.07 Å². The highest BCUT2D eigenvalue weighted by atomic mass is 16.6. The highest BCUT2D eigenvalue weighted by Gasteiger charge is 2.27. The number of nitrogens with one attached hydrogen (secondary N) is 1. The molecule has 1 amide bonds. The summed E-state index contributed by atoms with van der Waals surface area (Å²) in [5.41, 5.74) is 1.82. The highest BCUT2D eigenvalue weighted by Crippen LogP contribution is 2.27. The molecule has 6 nitrogen and oxygen atoms in total. The van der Waals surface area contributed by atoms with Crippen molar-refractivity contribution < 1.29 is 9.63 Å². The number of hydrogen-bond acceptors (Lipinski definition) is 4. The first-order chi connectivity index (χ1) is 11.7. The minimum Gasteiger partial charge on any atom is -0.387 e. The van der Waals surface area contributed by atoms with E-state index >= 15 is 0 Å². The molecule has 1 aromatic heterocycles. The zero-order valence-electron chi connectivity index (χ0n) is 13.4. The first-order valence-electron chi connectivity index (χ1n) is 7.97. The second-order valence-corrected chi connectivity index (χ2v) is 5.65. The number of aromatic nitrogens is 1. The van der Waals surface area contributed by atoms with Crippen LogP contribution < -0.4 is 10.9 Å². The summed E-state index contributed by atoms with van der Waals surface area (Å²) in [5.74, 6) is -0.310. The van der Waals surface area contributed by atoms with Crippen LogP contribution in [0.5, 0.6) is 0 Å². The Morgan fingerprint density at radius 1 is 1.29 bits per heavy atom. The number of pyridine rings is 1. The van der Waals surface area contributed by atoms with Crippen LogP contribution in [0.4, 0.5) is 5.69 Å². The molecule has 2 aromatic rings. The molecule has 124 valence electrons. The number of nitrogens with zero attached hydrogens (tertiary/aromatic N) is 2. The van der Waals surface area contributed by atoms with Gasteiger partial charge in [-0.25, -0.2) is 0 Å². The van der Waals surface area contributed by atoms with Gasteiger partial charge in [-0.05, 0) is 18.1 Å². The van der Waals surface area contributed by atoms with Crippen molar-refractivity contribution in [2.24, 2.45) is 5.16 Å². The van der Waals surface area contributed by atoms with Crippen LogP contribution in [0, 0.1) is 0 Å². The van der Waals surface area contributed by atoms with Gasteiger partial charge in [-0.15, -0.1) is 0 Å². The van der Waals surface area contributed by atoms with E-state index < -0.39 is 0 Å². The number of hydrogen-bond donors (Lipinski definition) is 1. The molecule has 0 saturated heterocycles. The lowest BCUT2D eigenvalue weighted by Crippen LogP contribution is -2.24. The molecule has 0 radical (unpaired) electrons. The Labute approximate surface area is 139 Å². The first kappa shape index (κ1) is 16.0. The van der Waals surface area contributed by atoms with E-state index in [4.69, 9.17) is 4.84 Å². The number of carbonyl (C=O) groups excluding carboxylic acids is 1. The maximum Gasteiger partial charge on any atom is 0.273 e. The first-order valence-corrected chi connectivity index (χ1v) is 7.97. The maximum absolute atomic E-state index is 12.3. The average Bonchev–Trinajstić information content (AvgIpc) is 3.09. The molecule has 1 aromatic carbocycles. The molecule has 1 aliphatic heterocycles. The summed E-state index contributed by atoms with van der Waals surface area (Å²) in [5, 5.41) is 6.67. The molecule has 1 N–H and O–H groups in total. The summed E-state index contributed by atoms with van der Waals surface area (Å²) in [6, 6.07) is 12.7. The lowest BCUT2D eigenvalue weighted by atomic mass is 10.0. The normalized spacial score (nSPS) is 16.4. The Kier molecular flexibility index (Phi) is 4.74. The van der Waals surface area contributed by atoms with Crippen molar-refractivity contribution >= 4 is 17.3 Å². The smallest absolute Gasteiger partial charge is 0.273 e. The summed E-state index contributed by atoms with van der Waals surface area (Å²) >= 11 is 0. The minimum atomic E-state index is -0.310. The Hall–Kier alpha value is -2.89. The molecule has 1 aliphatic rings. The zero-order chi connectivity index (χ0) is 16.9. The molecule has 0 bridgehead atoms. The van der Waals surface area contributed by atoms with Gasteiger partial charge in [-0.2, -0.15) is 0 Å². The van der Waals surface area contributed by atoms with Crippen molar-refractivity contribution in [3.05, 3.63) is 64.6 Å². The summed E-state index contributed by atoms with van der Waals surface area (Å²) in [4.78, 5) is 29.4. The monoisotopic (exact) mass is 325 g/mol. The Balaban J connectivity index is 1.66. The van der Waals surface area contributed by atoms with Crippen LogP contribution in [0.1, 0.15) is 31.4 Å². The van der Waals surface area contributed by atoms with Gasteiger partial charge < -0.3 is 14.7 Å².